The Morgan fingerprint density at radius 1 is 1.25 bits per heavy atom. The van der Waals surface area contributed by atoms with Gasteiger partial charge in [0.1, 0.15) is 0 Å². The van der Waals surface area contributed by atoms with Crippen molar-refractivity contribution < 1.29 is 22.0 Å². The van der Waals surface area contributed by atoms with Crippen molar-refractivity contribution in [3.63, 3.8) is 0 Å². The van der Waals surface area contributed by atoms with Gasteiger partial charge in [-0.3, -0.25) is 0 Å². The molecule has 1 aromatic carbocycles. The molecule has 114 valence electrons. The molecule has 0 fully saturated rings. The Morgan fingerprint density at radius 2 is 1.90 bits per heavy atom. The first kappa shape index (κ1) is 16.7. The van der Waals surface area contributed by atoms with Crippen molar-refractivity contribution in [1.29, 1.82) is 0 Å². The van der Waals surface area contributed by atoms with Gasteiger partial charge in [-0.2, -0.15) is 13.2 Å². The smallest absolute Gasteiger partial charge is 0.368 e. The highest BCUT2D eigenvalue weighted by molar-refractivity contribution is 5.56. The maximum Gasteiger partial charge on any atom is 0.418 e. The molecule has 1 N–H and O–H groups in total. The molecule has 0 aliphatic heterocycles. The predicted molar refractivity (Wildman–Crippen MR) is 68.1 cm³/mol. The van der Waals surface area contributed by atoms with Crippen LogP contribution in [-0.4, -0.2) is 26.6 Å². The van der Waals surface area contributed by atoms with Crippen LogP contribution in [0.25, 0.3) is 0 Å². The highest BCUT2D eigenvalue weighted by Crippen LogP contribution is 2.37. The van der Waals surface area contributed by atoms with E-state index in [2.05, 4.69) is 5.32 Å². The second kappa shape index (κ2) is 6.88. The van der Waals surface area contributed by atoms with E-state index in [4.69, 9.17) is 0 Å². The first-order chi connectivity index (χ1) is 9.25. The first-order valence-electron chi connectivity index (χ1n) is 6.15. The lowest BCUT2D eigenvalue weighted by Gasteiger charge is -2.24. The first-order valence-corrected chi connectivity index (χ1v) is 6.15. The molecule has 0 aromatic heterocycles. The van der Waals surface area contributed by atoms with Gasteiger partial charge in [0.25, 0.3) is 6.43 Å². The number of rotatable bonds is 6. The van der Waals surface area contributed by atoms with Crippen molar-refractivity contribution in [1.82, 2.24) is 5.32 Å². The van der Waals surface area contributed by atoms with E-state index in [-0.39, 0.29) is 5.69 Å². The second-order valence-corrected chi connectivity index (χ2v) is 4.40. The monoisotopic (exact) mass is 296 g/mol. The Hall–Kier alpha value is -1.37. The summed E-state index contributed by atoms with van der Waals surface area (Å²) in [6.45, 7) is 2.04. The third-order valence-electron chi connectivity index (χ3n) is 2.77. The Labute approximate surface area is 114 Å². The van der Waals surface area contributed by atoms with Gasteiger partial charge in [-0.1, -0.05) is 13.0 Å². The summed E-state index contributed by atoms with van der Waals surface area (Å²) in [6, 6.07) is 3.74. The Kier molecular flexibility index (Phi) is 5.74. The number of hydrogen-bond acceptors (Lipinski definition) is 2. The van der Waals surface area contributed by atoms with Crippen LogP contribution in [0, 0.1) is 0 Å². The minimum Gasteiger partial charge on any atom is -0.368 e. The summed E-state index contributed by atoms with van der Waals surface area (Å²) < 4.78 is 63.7. The fourth-order valence-electron chi connectivity index (χ4n) is 1.83. The molecular weight excluding hydrogens is 279 g/mol. The fraction of sp³-hybridized carbons (Fsp3) is 0.538. The van der Waals surface area contributed by atoms with Crippen molar-refractivity contribution in [3.05, 3.63) is 29.3 Å². The number of anilines is 1. The molecule has 0 aliphatic rings. The minimum absolute atomic E-state index is 0.238. The fourth-order valence-corrected chi connectivity index (χ4v) is 1.83. The van der Waals surface area contributed by atoms with Gasteiger partial charge in [0.15, 0.2) is 0 Å². The van der Waals surface area contributed by atoms with Crippen molar-refractivity contribution >= 4 is 5.69 Å². The third-order valence-corrected chi connectivity index (χ3v) is 2.77. The lowest BCUT2D eigenvalue weighted by molar-refractivity contribution is -0.137. The molecule has 0 heterocycles. The molecule has 2 nitrogen and oxygen atoms in total. The molecule has 0 aliphatic carbocycles. The maximum atomic E-state index is 13.0. The summed E-state index contributed by atoms with van der Waals surface area (Å²) in [5, 5.41) is 2.92. The molecule has 20 heavy (non-hydrogen) atoms. The lowest BCUT2D eigenvalue weighted by Crippen LogP contribution is -2.27. The van der Waals surface area contributed by atoms with Crippen LogP contribution in [0.2, 0.25) is 0 Å². The van der Waals surface area contributed by atoms with E-state index < -0.39 is 24.7 Å². The van der Waals surface area contributed by atoms with E-state index in [9.17, 15) is 22.0 Å². The highest BCUT2D eigenvalue weighted by Gasteiger charge is 2.35. The molecule has 0 bridgehead atoms. The molecule has 0 radical (unpaired) electrons. The zero-order valence-corrected chi connectivity index (χ0v) is 11.3. The van der Waals surface area contributed by atoms with Crippen molar-refractivity contribution in [2.24, 2.45) is 0 Å². The summed E-state index contributed by atoms with van der Waals surface area (Å²) in [5.74, 6) is 0. The van der Waals surface area contributed by atoms with Crippen LogP contribution in [-0.2, 0) is 12.7 Å². The van der Waals surface area contributed by atoms with Crippen LogP contribution in [0.3, 0.4) is 0 Å². The normalized spacial score (nSPS) is 12.0. The maximum absolute atomic E-state index is 13.0. The number of alkyl halides is 5. The number of nitrogens with one attached hydrogen (secondary N) is 1. The van der Waals surface area contributed by atoms with Crippen LogP contribution in [0.4, 0.5) is 27.6 Å². The van der Waals surface area contributed by atoms with Crippen LogP contribution in [0.5, 0.6) is 0 Å². The summed E-state index contributed by atoms with van der Waals surface area (Å²) in [6.07, 6.45) is -7.27. The zero-order valence-electron chi connectivity index (χ0n) is 11.3. The third kappa shape index (κ3) is 4.63. The van der Waals surface area contributed by atoms with Gasteiger partial charge < -0.3 is 10.2 Å². The van der Waals surface area contributed by atoms with Gasteiger partial charge in [0.2, 0.25) is 0 Å². The van der Waals surface area contributed by atoms with Crippen LogP contribution in [0.15, 0.2) is 18.2 Å². The van der Waals surface area contributed by atoms with Crippen molar-refractivity contribution in [3.8, 4) is 0 Å². The number of nitrogens with zero attached hydrogens (tertiary/aromatic N) is 1. The molecule has 0 atom stereocenters. The van der Waals surface area contributed by atoms with Crippen LogP contribution in [0.1, 0.15) is 18.1 Å². The van der Waals surface area contributed by atoms with Gasteiger partial charge in [0.05, 0.1) is 12.1 Å². The SMILES string of the molecule is CCNCc1ccc(N(C)CC(F)F)c(C(F)(F)F)c1. The van der Waals surface area contributed by atoms with Gasteiger partial charge in [-0.15, -0.1) is 0 Å². The molecule has 0 saturated carbocycles. The average Bonchev–Trinajstić information content (AvgIpc) is 2.34. The molecule has 0 spiro atoms. The lowest BCUT2D eigenvalue weighted by atomic mass is 10.1. The average molecular weight is 296 g/mol. The highest BCUT2D eigenvalue weighted by atomic mass is 19.4. The summed E-state index contributed by atoms with van der Waals surface area (Å²) >= 11 is 0. The van der Waals surface area contributed by atoms with E-state index >= 15 is 0 Å². The van der Waals surface area contributed by atoms with Crippen LogP contribution < -0.4 is 10.2 Å². The summed E-state index contributed by atoms with van der Waals surface area (Å²) in [4.78, 5) is 0.921. The molecule has 1 rings (SSSR count). The van der Waals surface area contributed by atoms with E-state index in [0.29, 0.717) is 18.7 Å². The second-order valence-electron chi connectivity index (χ2n) is 4.40. The number of halogens is 5. The molecule has 0 amide bonds. The Morgan fingerprint density at radius 3 is 2.40 bits per heavy atom. The molecular formula is C13H17F5N2. The molecule has 1 aromatic rings. The van der Waals surface area contributed by atoms with E-state index in [0.717, 1.165) is 11.0 Å². The largest absolute Gasteiger partial charge is 0.418 e. The van der Waals surface area contributed by atoms with Crippen LogP contribution >= 0.6 is 0 Å². The summed E-state index contributed by atoms with van der Waals surface area (Å²) in [5.41, 5.74) is -0.664. The number of hydrogen-bond donors (Lipinski definition) is 1. The zero-order chi connectivity index (χ0) is 15.3. The summed E-state index contributed by atoms with van der Waals surface area (Å²) in [7, 11) is 1.22. The Bertz CT molecular complexity index is 431. The molecule has 7 heteroatoms. The topological polar surface area (TPSA) is 15.3 Å². The predicted octanol–water partition coefficient (Wildman–Crippen LogP) is 3.52. The van der Waals surface area contributed by atoms with Gasteiger partial charge in [0, 0.05) is 19.3 Å². The van der Waals surface area contributed by atoms with Gasteiger partial charge in [-0.25, -0.2) is 8.78 Å². The molecule has 0 saturated heterocycles. The Balaban J connectivity index is 3.10. The minimum atomic E-state index is -4.58. The standard InChI is InChI=1S/C13H17F5N2/c1-3-19-7-9-4-5-11(20(2)8-12(14)15)10(6-9)13(16,17)18/h4-6,12,19H,3,7-8H2,1-2H3. The quantitative estimate of drug-likeness (QED) is 0.808. The van der Waals surface area contributed by atoms with Crippen molar-refractivity contribution in [2.75, 3.05) is 25.0 Å². The number of benzene rings is 1. The van der Waals surface area contributed by atoms with Gasteiger partial charge >= 0.3 is 6.18 Å². The van der Waals surface area contributed by atoms with Crippen molar-refractivity contribution in [2.45, 2.75) is 26.1 Å². The molecule has 0 unspecified atom stereocenters. The van der Waals surface area contributed by atoms with E-state index in [1.54, 1.807) is 0 Å². The van der Waals surface area contributed by atoms with Gasteiger partial charge in [-0.05, 0) is 24.2 Å². The van der Waals surface area contributed by atoms with E-state index in [1.807, 2.05) is 6.92 Å². The van der Waals surface area contributed by atoms with E-state index in [1.165, 1.54) is 19.2 Å².